The second kappa shape index (κ2) is 7.85. The highest BCUT2D eigenvalue weighted by Crippen LogP contribution is 2.18. The number of hydrogen-bond donors (Lipinski definition) is 1. The van der Waals surface area contributed by atoms with Crippen LogP contribution in [0.3, 0.4) is 0 Å². The van der Waals surface area contributed by atoms with E-state index in [-0.39, 0.29) is 17.1 Å². The number of esters is 1. The zero-order valence-corrected chi connectivity index (χ0v) is 13.4. The third-order valence-electron chi connectivity index (χ3n) is 2.75. The molecule has 0 spiro atoms. The summed E-state index contributed by atoms with van der Waals surface area (Å²) < 4.78 is 10.9. The first-order valence-electron chi connectivity index (χ1n) is 7.10. The molecule has 0 aromatic heterocycles. The van der Waals surface area contributed by atoms with E-state index in [4.69, 9.17) is 15.2 Å². The number of hydrogen-bond acceptors (Lipinski definition) is 4. The molecule has 0 aliphatic heterocycles. The quantitative estimate of drug-likeness (QED) is 0.656. The number of ether oxygens (including phenoxy) is 2. The maximum Gasteiger partial charge on any atom is 0.305 e. The Labute approximate surface area is 118 Å². The highest BCUT2D eigenvalue weighted by molar-refractivity contribution is 5.69. The Morgan fingerprint density at radius 1 is 1.16 bits per heavy atom. The molecule has 0 amide bonds. The molecule has 0 atom stereocenters. The van der Waals surface area contributed by atoms with Crippen molar-refractivity contribution in [1.82, 2.24) is 0 Å². The lowest BCUT2D eigenvalue weighted by molar-refractivity contribution is -0.146. The van der Waals surface area contributed by atoms with Crippen molar-refractivity contribution in [2.24, 2.45) is 11.7 Å². The predicted molar refractivity (Wildman–Crippen MR) is 77.9 cm³/mol. The van der Waals surface area contributed by atoms with Crippen molar-refractivity contribution in [2.75, 3.05) is 13.2 Å². The molecule has 0 saturated heterocycles. The van der Waals surface area contributed by atoms with E-state index in [1.54, 1.807) is 0 Å². The zero-order valence-electron chi connectivity index (χ0n) is 13.4. The van der Waals surface area contributed by atoms with E-state index >= 15 is 0 Å². The van der Waals surface area contributed by atoms with E-state index in [1.807, 2.05) is 41.5 Å². The molecule has 4 nitrogen and oxygen atoms in total. The molecule has 0 aromatic carbocycles. The SMILES string of the molecule is CC(C)COC(=O)CCC(C)(C)OCCC(C)(C)N. The largest absolute Gasteiger partial charge is 0.465 e. The van der Waals surface area contributed by atoms with Crippen LogP contribution in [0.15, 0.2) is 0 Å². The Kier molecular flexibility index (Phi) is 7.60. The van der Waals surface area contributed by atoms with Gasteiger partial charge in [0, 0.05) is 18.6 Å². The molecule has 0 saturated carbocycles. The number of nitrogens with two attached hydrogens (primary N) is 1. The van der Waals surface area contributed by atoms with Crippen LogP contribution in [-0.2, 0) is 14.3 Å². The van der Waals surface area contributed by atoms with Crippen molar-refractivity contribution >= 4 is 5.97 Å². The van der Waals surface area contributed by atoms with Crippen LogP contribution in [0.25, 0.3) is 0 Å². The minimum Gasteiger partial charge on any atom is -0.465 e. The van der Waals surface area contributed by atoms with Crippen LogP contribution >= 0.6 is 0 Å². The molecule has 4 heteroatoms. The summed E-state index contributed by atoms with van der Waals surface area (Å²) in [6.07, 6.45) is 1.86. The predicted octanol–water partition coefficient (Wildman–Crippen LogP) is 2.89. The van der Waals surface area contributed by atoms with Crippen LogP contribution in [0.2, 0.25) is 0 Å². The van der Waals surface area contributed by atoms with Gasteiger partial charge in [-0.25, -0.2) is 0 Å². The monoisotopic (exact) mass is 273 g/mol. The van der Waals surface area contributed by atoms with Crippen molar-refractivity contribution in [2.45, 2.75) is 71.9 Å². The van der Waals surface area contributed by atoms with Crippen molar-refractivity contribution in [1.29, 1.82) is 0 Å². The molecule has 0 unspecified atom stereocenters. The van der Waals surface area contributed by atoms with E-state index in [0.29, 0.717) is 32.0 Å². The van der Waals surface area contributed by atoms with Crippen molar-refractivity contribution in [3.05, 3.63) is 0 Å². The van der Waals surface area contributed by atoms with Crippen LogP contribution in [0, 0.1) is 5.92 Å². The number of rotatable bonds is 9. The second-order valence-electron chi connectivity index (χ2n) is 6.92. The van der Waals surface area contributed by atoms with Crippen LogP contribution < -0.4 is 5.73 Å². The minimum absolute atomic E-state index is 0.149. The molecule has 0 radical (unpaired) electrons. The fourth-order valence-electron chi connectivity index (χ4n) is 1.40. The lowest BCUT2D eigenvalue weighted by Crippen LogP contribution is -2.35. The molecule has 0 aliphatic carbocycles. The van der Waals surface area contributed by atoms with Gasteiger partial charge in [0.2, 0.25) is 0 Å². The molecular weight excluding hydrogens is 242 g/mol. The highest BCUT2D eigenvalue weighted by atomic mass is 16.5. The fourth-order valence-corrected chi connectivity index (χ4v) is 1.40. The van der Waals surface area contributed by atoms with Gasteiger partial charge in [0.1, 0.15) is 0 Å². The number of carbonyl (C=O) groups is 1. The average molecular weight is 273 g/mol. The average Bonchev–Trinajstić information content (AvgIpc) is 2.21. The highest BCUT2D eigenvalue weighted by Gasteiger charge is 2.21. The van der Waals surface area contributed by atoms with Gasteiger partial charge >= 0.3 is 5.97 Å². The van der Waals surface area contributed by atoms with Crippen LogP contribution in [0.4, 0.5) is 0 Å². The van der Waals surface area contributed by atoms with Crippen LogP contribution in [0.5, 0.6) is 0 Å². The van der Waals surface area contributed by atoms with E-state index in [1.165, 1.54) is 0 Å². The summed E-state index contributed by atoms with van der Waals surface area (Å²) in [4.78, 5) is 11.5. The van der Waals surface area contributed by atoms with Gasteiger partial charge in [0.25, 0.3) is 0 Å². The van der Waals surface area contributed by atoms with E-state index < -0.39 is 0 Å². The minimum atomic E-state index is -0.317. The Morgan fingerprint density at radius 3 is 2.21 bits per heavy atom. The Morgan fingerprint density at radius 2 is 1.74 bits per heavy atom. The molecule has 0 fully saturated rings. The summed E-state index contributed by atoms with van der Waals surface area (Å²) in [5.41, 5.74) is 5.37. The second-order valence-corrected chi connectivity index (χ2v) is 6.92. The van der Waals surface area contributed by atoms with Gasteiger partial charge in [-0.3, -0.25) is 4.79 Å². The first kappa shape index (κ1) is 18.4. The van der Waals surface area contributed by atoms with Gasteiger partial charge in [-0.1, -0.05) is 13.8 Å². The van der Waals surface area contributed by atoms with Gasteiger partial charge in [-0.15, -0.1) is 0 Å². The molecule has 0 aromatic rings. The maximum absolute atomic E-state index is 11.5. The summed E-state index contributed by atoms with van der Waals surface area (Å²) in [6, 6.07) is 0. The molecule has 2 N–H and O–H groups in total. The van der Waals surface area contributed by atoms with Gasteiger partial charge in [-0.2, -0.15) is 0 Å². The Bertz CT molecular complexity index is 267. The maximum atomic E-state index is 11.5. The summed E-state index contributed by atoms with van der Waals surface area (Å²) in [5, 5.41) is 0. The lowest BCUT2D eigenvalue weighted by Gasteiger charge is -2.27. The summed E-state index contributed by atoms with van der Waals surface area (Å²) >= 11 is 0. The summed E-state index contributed by atoms with van der Waals surface area (Å²) in [7, 11) is 0. The molecule has 0 heterocycles. The van der Waals surface area contributed by atoms with E-state index in [2.05, 4.69) is 0 Å². The van der Waals surface area contributed by atoms with Gasteiger partial charge in [0.15, 0.2) is 0 Å². The van der Waals surface area contributed by atoms with Crippen molar-refractivity contribution < 1.29 is 14.3 Å². The van der Waals surface area contributed by atoms with Crippen molar-refractivity contribution in [3.63, 3.8) is 0 Å². The number of carbonyl (C=O) groups excluding carboxylic acids is 1. The summed E-state index contributed by atoms with van der Waals surface area (Å²) in [5.74, 6) is 0.226. The van der Waals surface area contributed by atoms with Gasteiger partial charge in [-0.05, 0) is 46.5 Å². The summed E-state index contributed by atoms with van der Waals surface area (Å²) in [6.45, 7) is 13.1. The van der Waals surface area contributed by atoms with Crippen LogP contribution in [-0.4, -0.2) is 30.3 Å². The van der Waals surface area contributed by atoms with E-state index in [9.17, 15) is 4.79 Å². The van der Waals surface area contributed by atoms with Crippen molar-refractivity contribution in [3.8, 4) is 0 Å². The topological polar surface area (TPSA) is 61.5 Å². The molecular formula is C15H31NO3. The normalized spacial score (nSPS) is 12.8. The Hall–Kier alpha value is -0.610. The fraction of sp³-hybridized carbons (Fsp3) is 0.933. The third-order valence-corrected chi connectivity index (χ3v) is 2.75. The van der Waals surface area contributed by atoms with Gasteiger partial charge in [0.05, 0.1) is 12.2 Å². The standard InChI is InChI=1S/C15H31NO3/c1-12(2)11-18-13(17)7-8-15(5,6)19-10-9-14(3,4)16/h12H,7-11,16H2,1-6H3. The molecule has 0 bridgehead atoms. The molecule has 114 valence electrons. The first-order chi connectivity index (χ1) is 8.52. The zero-order chi connectivity index (χ0) is 15.1. The Balaban J connectivity index is 3.86. The lowest BCUT2D eigenvalue weighted by atomic mass is 10.0. The molecule has 0 aliphatic rings. The van der Waals surface area contributed by atoms with Gasteiger partial charge < -0.3 is 15.2 Å². The molecule has 19 heavy (non-hydrogen) atoms. The first-order valence-corrected chi connectivity index (χ1v) is 7.10. The van der Waals surface area contributed by atoms with E-state index in [0.717, 1.165) is 6.42 Å². The third kappa shape index (κ3) is 12.2. The van der Waals surface area contributed by atoms with Crippen LogP contribution in [0.1, 0.15) is 60.8 Å². The molecule has 0 rings (SSSR count). The smallest absolute Gasteiger partial charge is 0.305 e.